The first-order valence-corrected chi connectivity index (χ1v) is 35.2. The summed E-state index contributed by atoms with van der Waals surface area (Å²) in [7, 11) is 2.90. The number of hydrogen-bond donors (Lipinski definition) is 16. The first-order valence-electron chi connectivity index (χ1n) is 35.2. The summed E-state index contributed by atoms with van der Waals surface area (Å²) >= 11 is 0. The number of esters is 2. The summed E-state index contributed by atoms with van der Waals surface area (Å²) in [6, 6.07) is 4.88. The molecule has 10 aliphatic rings. The Hall–Kier alpha value is -4.25. The molecule has 0 radical (unpaired) electrons. The number of carbonyl (C=O) groups excluding carboxylic acids is 2. The van der Waals surface area contributed by atoms with E-state index in [-0.39, 0.29) is 50.0 Å². The monoisotopic (exact) mass is 1460 g/mol. The first kappa shape index (κ1) is 78.8. The van der Waals surface area contributed by atoms with Crippen LogP contribution in [0.3, 0.4) is 0 Å². The Morgan fingerprint density at radius 3 is 1.77 bits per heavy atom. The number of rotatable bonds is 19. The number of methoxy groups -OCH3 is 2. The Balaban J connectivity index is 0.850. The number of carboxylic acid groups (broad SMARTS) is 1. The van der Waals surface area contributed by atoms with Crippen LogP contribution in [0.5, 0.6) is 11.5 Å². The van der Waals surface area contributed by atoms with Gasteiger partial charge in [-0.05, 0) is 136 Å². The molecule has 0 bridgehead atoms. The second-order valence-electron chi connectivity index (χ2n) is 31.3. The molecule has 4 saturated carbocycles. The molecular weight excluding hydrogens is 1350 g/mol. The average Bonchev–Trinajstić information content (AvgIpc) is 0.669. The quantitative estimate of drug-likeness (QED) is 0.0302. The van der Waals surface area contributed by atoms with E-state index in [9.17, 15) is 91.3 Å². The molecule has 0 spiro atoms. The van der Waals surface area contributed by atoms with Crippen molar-refractivity contribution in [3.05, 3.63) is 41.5 Å². The van der Waals surface area contributed by atoms with E-state index in [0.29, 0.717) is 42.7 Å². The minimum absolute atomic E-state index is 0.00308. The van der Waals surface area contributed by atoms with Crippen molar-refractivity contribution in [3.8, 4) is 11.5 Å². The molecule has 576 valence electrons. The predicted octanol–water partition coefficient (Wildman–Crippen LogP) is -2.23. The molecule has 9 fully saturated rings. The molecule has 5 aliphatic heterocycles. The van der Waals surface area contributed by atoms with Crippen LogP contribution in [0, 0.1) is 50.2 Å². The second-order valence-corrected chi connectivity index (χ2v) is 31.3. The number of aliphatic hydroxyl groups excluding tert-OH is 15. The van der Waals surface area contributed by atoms with Gasteiger partial charge in [-0.1, -0.05) is 45.4 Å². The topological polar surface area (TPSA) is 495 Å². The summed E-state index contributed by atoms with van der Waals surface area (Å²) in [5.41, 5.74) is -5.03. The summed E-state index contributed by atoms with van der Waals surface area (Å²) in [5, 5.41) is 178. The molecule has 16 N–H and O–H groups in total. The lowest BCUT2D eigenvalue weighted by Crippen LogP contribution is -2.71. The lowest BCUT2D eigenvalue weighted by Gasteiger charge is -2.71. The number of aliphatic carboxylic acids is 1. The van der Waals surface area contributed by atoms with Gasteiger partial charge in [-0.2, -0.15) is 0 Å². The van der Waals surface area contributed by atoms with Crippen LogP contribution < -0.4 is 9.47 Å². The smallest absolute Gasteiger partial charge is 0.331 e. The zero-order chi connectivity index (χ0) is 74.4. The van der Waals surface area contributed by atoms with Crippen molar-refractivity contribution < 1.29 is 158 Å². The van der Waals surface area contributed by atoms with Crippen molar-refractivity contribution in [1.29, 1.82) is 0 Å². The molecule has 5 heterocycles. The molecule has 1 aromatic carbocycles. The van der Waals surface area contributed by atoms with E-state index in [4.69, 9.17) is 61.6 Å². The van der Waals surface area contributed by atoms with Crippen LogP contribution in [0.2, 0.25) is 0 Å². The second kappa shape index (κ2) is 30.1. The van der Waals surface area contributed by atoms with Crippen LogP contribution in [-0.4, -0.2) is 300 Å². The fourth-order valence-electron chi connectivity index (χ4n) is 19.3. The van der Waals surface area contributed by atoms with Crippen LogP contribution in [0.15, 0.2) is 35.9 Å². The highest BCUT2D eigenvalue weighted by Crippen LogP contribution is 2.76. The van der Waals surface area contributed by atoms with Gasteiger partial charge in [0.05, 0.1) is 69.8 Å². The zero-order valence-corrected chi connectivity index (χ0v) is 58.6. The Kier molecular flexibility index (Phi) is 23.2. The Morgan fingerprint density at radius 2 is 1.16 bits per heavy atom. The number of ether oxygens (including phenoxy) is 13. The number of carbonyl (C=O) groups is 3. The van der Waals surface area contributed by atoms with Crippen LogP contribution in [0.4, 0.5) is 0 Å². The number of aliphatic hydroxyl groups is 15. The summed E-state index contributed by atoms with van der Waals surface area (Å²) in [6.07, 6.45) is -37.1. The van der Waals surface area contributed by atoms with Crippen LogP contribution in [0.1, 0.15) is 112 Å². The van der Waals surface area contributed by atoms with Crippen LogP contribution in [-0.2, 0) is 66.5 Å². The van der Waals surface area contributed by atoms with Gasteiger partial charge in [0.15, 0.2) is 48.9 Å². The fourth-order valence-corrected chi connectivity index (χ4v) is 19.3. The highest BCUT2D eigenvalue weighted by Gasteiger charge is 2.74. The molecule has 0 amide bonds. The lowest BCUT2D eigenvalue weighted by atomic mass is 9.33. The Morgan fingerprint density at radius 1 is 0.578 bits per heavy atom. The third-order valence-electron chi connectivity index (χ3n) is 25.2. The summed E-state index contributed by atoms with van der Waals surface area (Å²) in [5.74, 6) is -3.91. The third-order valence-corrected chi connectivity index (χ3v) is 25.2. The van der Waals surface area contributed by atoms with Gasteiger partial charge >= 0.3 is 17.9 Å². The van der Waals surface area contributed by atoms with E-state index in [0.717, 1.165) is 11.6 Å². The standard InChI is InChI=1S/C70H104O32/c1-29-54(99-58-49(82)45(78)39(27-92-58)97-60-50(83)46(79)43(76)37(25-71)95-60)48(81)52(85)59(93-29)100-56-53(86)55(98-42(75)15-11-31-10-13-35(90-8)36(22-31)91-9)30(2)94-62(56)102-64(89)69-19-18-65(3,4)23-33(69)32-12-14-40-66(5)24-34(74)57(101-61-51(84)47(80)44(77)38(26-72)96-61)68(7,63(87)88)41(66)16-17-67(40,6)70(32,28-73)21-20-69/h10-13,15,22,29-30,33-34,37-41,43-62,71-74,76-86H,14,16-21,23-28H2,1-9H3,(H,87,88)/t29-,30+,33-,34-,37+,38+,39+,40+,41+,43-,44+,45-,46-,47-,48-,49+,50+,51+,52+,53-,54-,55-,56+,57-,58-,59-,60-,61-,62-,66+,67+,68-,69-,70-/m0/s1. The number of fused-ring (bicyclic) bond motifs is 7. The average molecular weight is 1460 g/mol. The van der Waals surface area contributed by atoms with Gasteiger partial charge in [0.25, 0.3) is 0 Å². The molecule has 5 aliphatic carbocycles. The van der Waals surface area contributed by atoms with Crippen molar-refractivity contribution in [2.45, 2.75) is 266 Å². The maximum atomic E-state index is 15.9. The van der Waals surface area contributed by atoms with Gasteiger partial charge in [-0.25, -0.2) is 4.79 Å². The molecule has 32 nitrogen and oxygen atoms in total. The number of benzene rings is 1. The molecule has 11 rings (SSSR count). The molecule has 1 aromatic rings. The lowest BCUT2D eigenvalue weighted by molar-refractivity contribution is -0.378. The van der Waals surface area contributed by atoms with Gasteiger partial charge in [0, 0.05) is 11.5 Å². The molecule has 34 atom stereocenters. The summed E-state index contributed by atoms with van der Waals surface area (Å²) < 4.78 is 76.7. The maximum absolute atomic E-state index is 15.9. The van der Waals surface area contributed by atoms with E-state index in [1.165, 1.54) is 41.1 Å². The first-order chi connectivity index (χ1) is 48.0. The summed E-state index contributed by atoms with van der Waals surface area (Å²) in [6.45, 7) is 10.1. The van der Waals surface area contributed by atoms with Crippen LogP contribution in [0.25, 0.3) is 6.08 Å². The van der Waals surface area contributed by atoms with E-state index < -0.39 is 236 Å². The van der Waals surface area contributed by atoms with Gasteiger partial charge < -0.3 is 143 Å². The van der Waals surface area contributed by atoms with Gasteiger partial charge in [0.2, 0.25) is 6.29 Å². The third kappa shape index (κ3) is 13.6. The molecule has 0 unspecified atom stereocenters. The van der Waals surface area contributed by atoms with Gasteiger partial charge in [0.1, 0.15) is 97.7 Å². The van der Waals surface area contributed by atoms with E-state index in [2.05, 4.69) is 26.8 Å². The van der Waals surface area contributed by atoms with Gasteiger partial charge in [-0.3, -0.25) is 9.59 Å². The maximum Gasteiger partial charge on any atom is 0.331 e. The van der Waals surface area contributed by atoms with Crippen molar-refractivity contribution in [2.75, 3.05) is 40.6 Å². The van der Waals surface area contributed by atoms with E-state index in [1.54, 1.807) is 18.2 Å². The van der Waals surface area contributed by atoms with Crippen molar-refractivity contribution in [1.82, 2.24) is 0 Å². The zero-order valence-electron chi connectivity index (χ0n) is 58.6. The molecule has 102 heavy (non-hydrogen) atoms. The number of carboxylic acids is 1. The van der Waals surface area contributed by atoms with Crippen molar-refractivity contribution >= 4 is 24.0 Å². The molecule has 0 aromatic heterocycles. The molecule has 32 heteroatoms. The van der Waals surface area contributed by atoms with Crippen molar-refractivity contribution in [3.63, 3.8) is 0 Å². The van der Waals surface area contributed by atoms with E-state index >= 15 is 4.79 Å². The minimum atomic E-state index is -2.08. The number of allylic oxidation sites excluding steroid dienone is 1. The SMILES string of the molecule is COc1ccc(C=CC(=O)O[C@@H]2[C@H](O)[C@@H](O[C@@H]3O[C@@H](C)[C@H](O[C@@H]4OC[C@@H](O[C@@H]5O[C@H](CO)[C@H](O)[C@H](O)[C@H]5O)[C@H](O)[C@H]4O)[C@@H](O)[C@H]3O)[C@H](OC(=O)[C@]34CCC(C)(C)C[C@H]3C3=CC[C@@H]5[C@@]6(C)C[C@H](O)[C@H](O[C@@H]7O[C@H](CO)[C@@H](O)[C@H](O)[C@H]7O)[C@@](C)(C(=O)O)[C@@H]6CC[C@@]5(C)[C@]3(CO)CC4)O[C@@H]2C)cc1OC. The fraction of sp³-hybridized carbons (Fsp3) is 0.814. The number of hydrogen-bond acceptors (Lipinski definition) is 31. The molecular formula is C70H104O32. The van der Waals surface area contributed by atoms with Crippen LogP contribution >= 0.6 is 0 Å². The van der Waals surface area contributed by atoms with Crippen molar-refractivity contribution in [2.24, 2.45) is 50.2 Å². The Bertz CT molecular complexity index is 3190. The highest BCUT2D eigenvalue weighted by molar-refractivity contribution is 5.87. The Labute approximate surface area is 589 Å². The molecule has 5 saturated heterocycles. The summed E-state index contributed by atoms with van der Waals surface area (Å²) in [4.78, 5) is 43.6. The normalized spacial score (nSPS) is 48.6. The van der Waals surface area contributed by atoms with E-state index in [1.807, 2.05) is 6.92 Å². The minimum Gasteiger partial charge on any atom is -0.493 e. The highest BCUT2D eigenvalue weighted by atomic mass is 16.8. The predicted molar refractivity (Wildman–Crippen MR) is 344 cm³/mol. The largest absolute Gasteiger partial charge is 0.493 e. The van der Waals surface area contributed by atoms with Gasteiger partial charge in [-0.15, -0.1) is 0 Å².